The van der Waals surface area contributed by atoms with Crippen molar-refractivity contribution in [2.75, 3.05) is 80.3 Å². The van der Waals surface area contributed by atoms with Crippen molar-refractivity contribution in [2.45, 2.75) is 30.8 Å². The van der Waals surface area contributed by atoms with Gasteiger partial charge < -0.3 is 25.3 Å². The zero-order chi connectivity index (χ0) is 23.6. The molecular formula is C23H35N9OS. The summed E-state index contributed by atoms with van der Waals surface area (Å²) >= 11 is 1.34. The molecule has 0 aliphatic carbocycles. The Morgan fingerprint density at radius 1 is 1.00 bits per heavy atom. The summed E-state index contributed by atoms with van der Waals surface area (Å²) in [6, 6.07) is 3.84. The summed E-state index contributed by atoms with van der Waals surface area (Å²) in [5.74, 6) is 3.09. The molecule has 0 atom stereocenters. The van der Waals surface area contributed by atoms with Crippen LogP contribution in [-0.2, 0) is 4.79 Å². The van der Waals surface area contributed by atoms with Gasteiger partial charge in [0.1, 0.15) is 11.6 Å². The fraction of sp³-hybridized carbons (Fsp3) is 0.609. The highest BCUT2D eigenvalue weighted by atomic mass is 32.2. The number of thioether (sulfide) groups is 1. The summed E-state index contributed by atoms with van der Waals surface area (Å²) in [5, 5.41) is 7.07. The van der Waals surface area contributed by atoms with E-state index in [-0.39, 0.29) is 5.91 Å². The van der Waals surface area contributed by atoms with E-state index < -0.39 is 0 Å². The topological polar surface area (TPSA) is 102 Å². The molecule has 0 spiro atoms. The van der Waals surface area contributed by atoms with Crippen LogP contribution in [0.1, 0.15) is 25.7 Å². The fourth-order valence-electron chi connectivity index (χ4n) is 4.09. The van der Waals surface area contributed by atoms with Crippen LogP contribution >= 0.6 is 11.8 Å². The Kier molecular flexibility index (Phi) is 9.14. The van der Waals surface area contributed by atoms with Gasteiger partial charge in [0.2, 0.25) is 11.9 Å². The second-order valence-electron chi connectivity index (χ2n) is 8.70. The number of likely N-dealkylation sites (N-methyl/N-ethyl adjacent to an activating group) is 1. The summed E-state index contributed by atoms with van der Waals surface area (Å²) < 4.78 is 0. The van der Waals surface area contributed by atoms with Crippen LogP contribution in [0.4, 0.5) is 17.6 Å². The quantitative estimate of drug-likeness (QED) is 0.341. The maximum atomic E-state index is 12.0. The van der Waals surface area contributed by atoms with Crippen LogP contribution in [-0.4, -0.2) is 95.9 Å². The van der Waals surface area contributed by atoms with Crippen molar-refractivity contribution in [3.05, 3.63) is 24.5 Å². The van der Waals surface area contributed by atoms with E-state index in [1.165, 1.54) is 37.4 Å². The van der Waals surface area contributed by atoms with Crippen molar-refractivity contribution in [3.8, 4) is 0 Å². The van der Waals surface area contributed by atoms with E-state index in [1.54, 1.807) is 18.5 Å². The van der Waals surface area contributed by atoms with Crippen LogP contribution in [0.25, 0.3) is 0 Å². The zero-order valence-electron chi connectivity index (χ0n) is 19.9. The van der Waals surface area contributed by atoms with Crippen LogP contribution in [0.15, 0.2) is 29.7 Å². The highest BCUT2D eigenvalue weighted by molar-refractivity contribution is 7.99. The highest BCUT2D eigenvalue weighted by Crippen LogP contribution is 2.25. The molecule has 2 aromatic rings. The number of amides is 1. The molecule has 2 N–H and O–H groups in total. The Morgan fingerprint density at radius 2 is 1.68 bits per heavy atom. The Labute approximate surface area is 205 Å². The third kappa shape index (κ3) is 7.42. The van der Waals surface area contributed by atoms with Gasteiger partial charge in [0, 0.05) is 70.8 Å². The molecule has 34 heavy (non-hydrogen) atoms. The van der Waals surface area contributed by atoms with E-state index in [0.717, 1.165) is 63.4 Å². The first-order valence-electron chi connectivity index (χ1n) is 12.2. The van der Waals surface area contributed by atoms with Crippen LogP contribution in [0.2, 0.25) is 0 Å². The molecule has 184 valence electrons. The molecule has 2 aliphatic heterocycles. The van der Waals surface area contributed by atoms with Crippen molar-refractivity contribution < 1.29 is 4.79 Å². The Bertz CT molecular complexity index is 870. The van der Waals surface area contributed by atoms with E-state index in [4.69, 9.17) is 9.97 Å². The average Bonchev–Trinajstić information content (AvgIpc) is 3.58. The predicted octanol–water partition coefficient (Wildman–Crippen LogP) is 1.72. The summed E-state index contributed by atoms with van der Waals surface area (Å²) in [6.45, 7) is 7.23. The molecule has 2 aliphatic rings. The lowest BCUT2D eigenvalue weighted by atomic mass is 10.4. The third-order valence-corrected chi connectivity index (χ3v) is 6.89. The summed E-state index contributed by atoms with van der Waals surface area (Å²) in [5.41, 5.74) is 0. The molecule has 1 amide bonds. The van der Waals surface area contributed by atoms with Gasteiger partial charge in [-0.25, -0.2) is 9.97 Å². The van der Waals surface area contributed by atoms with Gasteiger partial charge in [0.05, 0.1) is 5.75 Å². The maximum absolute atomic E-state index is 12.0. The molecule has 11 heteroatoms. The molecule has 0 aromatic carbocycles. The van der Waals surface area contributed by atoms with Crippen molar-refractivity contribution in [2.24, 2.45) is 0 Å². The van der Waals surface area contributed by atoms with Crippen molar-refractivity contribution >= 4 is 35.3 Å². The van der Waals surface area contributed by atoms with Gasteiger partial charge in [-0.2, -0.15) is 9.97 Å². The number of hydrogen-bond donors (Lipinski definition) is 2. The van der Waals surface area contributed by atoms with E-state index in [9.17, 15) is 4.79 Å². The fourth-order valence-corrected chi connectivity index (χ4v) is 4.73. The number of nitrogens with zero attached hydrogens (tertiary/aromatic N) is 7. The van der Waals surface area contributed by atoms with Crippen LogP contribution in [0.5, 0.6) is 0 Å². The standard InChI is InChI=1S/C23H35N9OS/c1-30(16-10-25-21(33)18-34-23-26-7-6-8-27-23)15-9-24-19-17-20(31-11-2-3-12-31)29-22(28-19)32-13-4-5-14-32/h6-8,17H,2-5,9-16,18H2,1H3,(H,25,33)(H,24,28,29). The number of hydrogen-bond acceptors (Lipinski definition) is 10. The van der Waals surface area contributed by atoms with E-state index in [2.05, 4.69) is 48.4 Å². The van der Waals surface area contributed by atoms with Crippen LogP contribution in [0, 0.1) is 0 Å². The number of nitrogens with one attached hydrogen (secondary N) is 2. The molecular weight excluding hydrogens is 450 g/mol. The third-order valence-electron chi connectivity index (χ3n) is 6.01. The van der Waals surface area contributed by atoms with Gasteiger partial charge in [-0.05, 0) is 38.8 Å². The number of rotatable bonds is 12. The minimum absolute atomic E-state index is 0.00570. The largest absolute Gasteiger partial charge is 0.369 e. The number of carbonyl (C=O) groups is 1. The summed E-state index contributed by atoms with van der Waals surface area (Å²) in [6.07, 6.45) is 8.23. The molecule has 0 unspecified atom stereocenters. The number of aromatic nitrogens is 4. The number of anilines is 3. The molecule has 0 radical (unpaired) electrons. The highest BCUT2D eigenvalue weighted by Gasteiger charge is 2.20. The van der Waals surface area contributed by atoms with Gasteiger partial charge in [-0.15, -0.1) is 0 Å². The Balaban J connectivity index is 1.19. The average molecular weight is 486 g/mol. The van der Waals surface area contributed by atoms with Gasteiger partial charge in [0.25, 0.3) is 0 Å². The molecule has 2 saturated heterocycles. The van der Waals surface area contributed by atoms with Gasteiger partial charge in [0.15, 0.2) is 5.16 Å². The first-order valence-corrected chi connectivity index (χ1v) is 13.1. The minimum Gasteiger partial charge on any atom is -0.369 e. The summed E-state index contributed by atoms with van der Waals surface area (Å²) in [4.78, 5) is 36.8. The smallest absolute Gasteiger partial charge is 0.230 e. The SMILES string of the molecule is CN(CCNC(=O)CSc1ncccn1)CCNc1cc(N2CCCC2)nc(N2CCCC2)n1. The van der Waals surface area contributed by atoms with Crippen LogP contribution < -0.4 is 20.4 Å². The Morgan fingerprint density at radius 3 is 2.41 bits per heavy atom. The van der Waals surface area contributed by atoms with E-state index in [0.29, 0.717) is 17.5 Å². The Hall–Kier alpha value is -2.66. The second-order valence-corrected chi connectivity index (χ2v) is 9.64. The van der Waals surface area contributed by atoms with E-state index >= 15 is 0 Å². The maximum Gasteiger partial charge on any atom is 0.230 e. The summed E-state index contributed by atoms with van der Waals surface area (Å²) in [7, 11) is 2.06. The van der Waals surface area contributed by atoms with Gasteiger partial charge in [-0.1, -0.05) is 11.8 Å². The lowest BCUT2D eigenvalue weighted by molar-refractivity contribution is -0.118. The van der Waals surface area contributed by atoms with Crippen molar-refractivity contribution in [1.82, 2.24) is 30.2 Å². The number of carbonyl (C=O) groups excluding carboxylic acids is 1. The monoisotopic (exact) mass is 485 g/mol. The lowest BCUT2D eigenvalue weighted by Gasteiger charge is -2.22. The normalized spacial score (nSPS) is 15.8. The van der Waals surface area contributed by atoms with Gasteiger partial charge in [-0.3, -0.25) is 4.79 Å². The van der Waals surface area contributed by atoms with Gasteiger partial charge >= 0.3 is 0 Å². The van der Waals surface area contributed by atoms with Crippen molar-refractivity contribution in [1.29, 1.82) is 0 Å². The molecule has 10 nitrogen and oxygen atoms in total. The zero-order valence-corrected chi connectivity index (χ0v) is 20.8. The molecule has 2 fully saturated rings. The first kappa shape index (κ1) is 24.5. The lowest BCUT2D eigenvalue weighted by Crippen LogP contribution is -2.35. The predicted molar refractivity (Wildman–Crippen MR) is 137 cm³/mol. The second kappa shape index (κ2) is 12.7. The van der Waals surface area contributed by atoms with E-state index in [1.807, 2.05) is 0 Å². The molecule has 0 saturated carbocycles. The van der Waals surface area contributed by atoms with Crippen molar-refractivity contribution in [3.63, 3.8) is 0 Å². The molecule has 2 aromatic heterocycles. The molecule has 4 heterocycles. The molecule has 4 rings (SSSR count). The first-order chi connectivity index (χ1) is 16.7. The molecule has 0 bridgehead atoms. The minimum atomic E-state index is -0.00570. The van der Waals surface area contributed by atoms with Crippen LogP contribution in [0.3, 0.4) is 0 Å².